The van der Waals surface area contributed by atoms with Gasteiger partial charge in [-0.15, -0.1) is 0 Å². The van der Waals surface area contributed by atoms with Gasteiger partial charge in [0.05, 0.1) is 47.6 Å². The molecule has 0 aliphatic carbocycles. The fraction of sp³-hybridized carbons (Fsp3) is 0.490. The summed E-state index contributed by atoms with van der Waals surface area (Å²) in [5.41, 5.74) is 10.3. The zero-order valence-electron chi connectivity index (χ0n) is 39.3. The normalized spacial score (nSPS) is 21.5. The lowest BCUT2D eigenvalue weighted by Gasteiger charge is -2.37. The molecule has 2 unspecified atom stereocenters. The van der Waals surface area contributed by atoms with E-state index in [0.29, 0.717) is 55.7 Å². The number of phenolic OH excluding ortho intramolecular Hbond substituents is 1. The van der Waals surface area contributed by atoms with Crippen LogP contribution in [0.5, 0.6) is 5.75 Å². The number of ether oxygens (including phenoxy) is 2. The highest BCUT2D eigenvalue weighted by Gasteiger charge is 2.41. The molecule has 7 rings (SSSR count). The third-order valence-corrected chi connectivity index (χ3v) is 13.2. The number of hydrogen-bond donors (Lipinski definition) is 4. The molecule has 2 aromatic carbocycles. The highest BCUT2D eigenvalue weighted by Crippen LogP contribution is 2.40. The third kappa shape index (κ3) is 10.2. The minimum atomic E-state index is -1.18. The molecule has 6 bridgehead atoms. The maximum atomic E-state index is 14.7. The molecule has 3 amide bonds. The van der Waals surface area contributed by atoms with E-state index >= 15 is 0 Å². The van der Waals surface area contributed by atoms with E-state index in [9.17, 15) is 29.1 Å². The van der Waals surface area contributed by atoms with Gasteiger partial charge in [0, 0.05) is 62.3 Å². The van der Waals surface area contributed by atoms with Crippen LogP contribution < -0.4 is 16.1 Å². The summed E-state index contributed by atoms with van der Waals surface area (Å²) < 4.78 is 13.9. The Bertz CT molecular complexity index is 2500. The number of phenols is 1. The summed E-state index contributed by atoms with van der Waals surface area (Å²) in [4.78, 5) is 76.1. The lowest BCUT2D eigenvalue weighted by molar-refractivity contribution is -0.155. The van der Waals surface area contributed by atoms with Gasteiger partial charge in [0.15, 0.2) is 5.78 Å². The number of aromatic hydroxyl groups is 1. The van der Waals surface area contributed by atoms with Gasteiger partial charge >= 0.3 is 5.97 Å². The van der Waals surface area contributed by atoms with E-state index in [1.54, 1.807) is 26.3 Å². The maximum Gasteiger partial charge on any atom is 0.324 e. The molecule has 5 heterocycles. The van der Waals surface area contributed by atoms with Crippen LogP contribution in [0.4, 0.5) is 0 Å². The summed E-state index contributed by atoms with van der Waals surface area (Å²) in [5, 5.41) is 18.8. The number of likely N-dealkylation sites (N-methyl/N-ethyl adjacent to an activating group) is 1. The number of amides is 3. The molecule has 3 aliphatic heterocycles. The van der Waals surface area contributed by atoms with Gasteiger partial charge in [-0.25, -0.2) is 10.4 Å². The Morgan fingerprint density at radius 1 is 1.14 bits per heavy atom. The smallest absolute Gasteiger partial charge is 0.324 e. The summed E-state index contributed by atoms with van der Waals surface area (Å²) in [6.07, 6.45) is 3.66. The van der Waals surface area contributed by atoms with Gasteiger partial charge in [0.1, 0.15) is 23.9 Å². The number of nitrogens with zero attached hydrogens (tertiary/aromatic N) is 4. The molecule has 2 saturated heterocycles. The number of pyridine rings is 1. The number of hydrazine groups is 1. The lowest BCUT2D eigenvalue weighted by atomic mass is 9.84. The predicted molar refractivity (Wildman–Crippen MR) is 252 cm³/mol. The number of fused-ring (bicyclic) bond motifs is 6. The monoisotopic (exact) mass is 903 g/mol. The first-order valence-corrected chi connectivity index (χ1v) is 23.2. The number of rotatable bonds is 12. The number of esters is 1. The second-order valence-electron chi connectivity index (χ2n) is 19.1. The fourth-order valence-corrected chi connectivity index (χ4v) is 9.90. The Labute approximate surface area is 387 Å². The molecule has 0 saturated carbocycles. The number of carbonyl (C=O) groups is 5. The number of carbonyl (C=O) groups excluding carboxylic acids is 5. The third-order valence-electron chi connectivity index (χ3n) is 13.2. The van der Waals surface area contributed by atoms with Gasteiger partial charge in [-0.3, -0.25) is 29.0 Å². The van der Waals surface area contributed by atoms with E-state index in [1.165, 1.54) is 16.0 Å². The van der Waals surface area contributed by atoms with Crippen LogP contribution >= 0.6 is 0 Å². The first-order valence-electron chi connectivity index (χ1n) is 23.2. The van der Waals surface area contributed by atoms with Gasteiger partial charge < -0.3 is 34.7 Å². The molecule has 352 valence electrons. The summed E-state index contributed by atoms with van der Waals surface area (Å²) in [6, 6.07) is 13.9. The van der Waals surface area contributed by atoms with Crippen LogP contribution in [0.1, 0.15) is 70.6 Å². The van der Waals surface area contributed by atoms with E-state index in [-0.39, 0.29) is 55.9 Å². The van der Waals surface area contributed by atoms with Crippen molar-refractivity contribution in [3.63, 3.8) is 0 Å². The van der Waals surface area contributed by atoms with Crippen molar-refractivity contribution in [3.05, 3.63) is 83.9 Å². The van der Waals surface area contributed by atoms with Crippen LogP contribution in [0.15, 0.2) is 67.3 Å². The molecule has 2 fully saturated rings. The quantitative estimate of drug-likeness (QED) is 0.109. The Balaban J connectivity index is 1.30. The molecular formula is C51H65N7O8. The van der Waals surface area contributed by atoms with Crippen LogP contribution in [-0.4, -0.2) is 119 Å². The number of methoxy groups -OCH3 is 1. The number of aromatic nitrogens is 2. The van der Waals surface area contributed by atoms with Gasteiger partial charge in [0.25, 0.3) is 5.91 Å². The molecule has 4 aromatic rings. The van der Waals surface area contributed by atoms with Crippen molar-refractivity contribution in [2.45, 2.75) is 104 Å². The molecule has 2 aromatic heterocycles. The fourth-order valence-electron chi connectivity index (χ4n) is 9.90. The van der Waals surface area contributed by atoms with Crippen LogP contribution in [0.2, 0.25) is 0 Å². The van der Waals surface area contributed by atoms with Crippen LogP contribution in [0.3, 0.4) is 0 Å². The number of nitrogens with one attached hydrogen (secondary N) is 3. The van der Waals surface area contributed by atoms with Crippen LogP contribution in [0.25, 0.3) is 33.5 Å². The van der Waals surface area contributed by atoms with Crippen molar-refractivity contribution in [1.82, 2.24) is 35.5 Å². The summed E-state index contributed by atoms with van der Waals surface area (Å²) >= 11 is 0. The van der Waals surface area contributed by atoms with E-state index < -0.39 is 53.3 Å². The van der Waals surface area contributed by atoms with Gasteiger partial charge in [0.2, 0.25) is 11.8 Å². The average molecular weight is 904 g/mol. The van der Waals surface area contributed by atoms with Crippen molar-refractivity contribution in [3.8, 4) is 28.3 Å². The lowest BCUT2D eigenvalue weighted by Crippen LogP contribution is -2.62. The van der Waals surface area contributed by atoms with Crippen LogP contribution in [-0.2, 0) is 59.3 Å². The van der Waals surface area contributed by atoms with E-state index in [2.05, 4.69) is 66.2 Å². The Morgan fingerprint density at radius 3 is 2.64 bits per heavy atom. The first-order chi connectivity index (χ1) is 31.5. The number of cyclic esters (lactones) is 1. The van der Waals surface area contributed by atoms with E-state index in [4.69, 9.17) is 14.5 Å². The number of benzene rings is 2. The molecule has 4 N–H and O–H groups in total. The second kappa shape index (κ2) is 20.3. The Kier molecular flexibility index (Phi) is 14.8. The Hall–Kier alpha value is -5.90. The van der Waals surface area contributed by atoms with Crippen molar-refractivity contribution in [1.29, 1.82) is 0 Å². The van der Waals surface area contributed by atoms with Crippen molar-refractivity contribution in [2.75, 3.05) is 40.5 Å². The highest BCUT2D eigenvalue weighted by molar-refractivity contribution is 5.96. The zero-order chi connectivity index (χ0) is 47.4. The molecule has 66 heavy (non-hydrogen) atoms. The van der Waals surface area contributed by atoms with Crippen molar-refractivity contribution >= 4 is 40.5 Å². The van der Waals surface area contributed by atoms with Crippen molar-refractivity contribution < 1.29 is 38.6 Å². The van der Waals surface area contributed by atoms with Gasteiger partial charge in [-0.05, 0) is 92.5 Å². The minimum absolute atomic E-state index is 0.0318. The predicted octanol–water partition coefficient (Wildman–Crippen LogP) is 5.15. The highest BCUT2D eigenvalue weighted by atomic mass is 16.5. The standard InChI is InChI=1S/C51H65N7O8/c1-9-43(60)40-26-34(28-52-40)48(62)56(7)45(30(3)4)47(61)54-41-24-31-22-33(25-35(59)23-31)38-17-18-42-44(53-38)37(46(57(42)10-2)36-15-12-11-14-32(36)19-21-65-8)27-51(5,6)29-66-50(64)39-16-13-20-58(55-39)49(41)63/h9,11-12,14-15,17-18,22-23,25,30,34,39-41,45,52,55,59H,1,10,13,16,19-21,24,26-29H2,2-8H3,(H,54,61)/t34-,39+,40?,41+,45?/m1/s1. The van der Waals surface area contributed by atoms with E-state index in [0.717, 1.165) is 33.4 Å². The molecule has 0 radical (unpaired) electrons. The molecule has 15 heteroatoms. The maximum absolute atomic E-state index is 14.7. The molecular weight excluding hydrogens is 839 g/mol. The second-order valence-corrected chi connectivity index (χ2v) is 19.1. The van der Waals surface area contributed by atoms with E-state index in [1.807, 2.05) is 38.1 Å². The molecule has 0 spiro atoms. The number of aryl methyl sites for hydroxylation is 1. The van der Waals surface area contributed by atoms with Gasteiger partial charge in [-0.2, -0.15) is 0 Å². The first kappa shape index (κ1) is 48.0. The molecule has 5 atom stereocenters. The topological polar surface area (TPSA) is 184 Å². The Morgan fingerprint density at radius 2 is 1.91 bits per heavy atom. The minimum Gasteiger partial charge on any atom is -0.508 e. The SMILES string of the molecule is C=CC(=O)C1C[C@@H](C(=O)N(C)C(C(=O)N[C@H]2Cc3cc(O)cc(c3)-c3ccc4c(n3)c(c(-c3ccccc3CCOC)n4CC)CC(C)(C)COC(=O)[C@@H]3CCCN(N3)C2=O)C(C)C)CN1. The average Bonchev–Trinajstić information content (AvgIpc) is 3.91. The van der Waals surface area contributed by atoms with Crippen LogP contribution in [0, 0.1) is 17.3 Å². The zero-order valence-corrected chi connectivity index (χ0v) is 39.3. The number of ketones is 1. The molecule has 15 nitrogen and oxygen atoms in total. The van der Waals surface area contributed by atoms with Crippen molar-refractivity contribution in [2.24, 2.45) is 17.3 Å². The van der Waals surface area contributed by atoms with Gasteiger partial charge in [-0.1, -0.05) is 58.5 Å². The summed E-state index contributed by atoms with van der Waals surface area (Å²) in [6.45, 7) is 15.3. The number of hydrogen-bond acceptors (Lipinski definition) is 11. The molecule has 3 aliphatic rings. The largest absolute Gasteiger partial charge is 0.508 e. The summed E-state index contributed by atoms with van der Waals surface area (Å²) in [7, 11) is 3.27. The summed E-state index contributed by atoms with van der Waals surface area (Å²) in [5.74, 6) is -2.94.